The number of alkyl halides is 3. The van der Waals surface area contributed by atoms with Crippen LogP contribution in [0.5, 0.6) is 0 Å². The van der Waals surface area contributed by atoms with E-state index in [1.165, 1.54) is 0 Å². The Balaban J connectivity index is 2.74. The van der Waals surface area contributed by atoms with Gasteiger partial charge < -0.3 is 5.11 Å². The zero-order valence-electron chi connectivity index (χ0n) is 11.3. The van der Waals surface area contributed by atoms with E-state index in [0.29, 0.717) is 10.7 Å². The van der Waals surface area contributed by atoms with E-state index in [9.17, 15) is 22.8 Å². The van der Waals surface area contributed by atoms with Gasteiger partial charge in [0, 0.05) is 18.7 Å². The third kappa shape index (κ3) is 3.32. The van der Waals surface area contributed by atoms with Gasteiger partial charge in [-0.3, -0.25) is 9.48 Å². The summed E-state index contributed by atoms with van der Waals surface area (Å²) in [5.74, 6) is -1.38. The number of halogens is 5. The summed E-state index contributed by atoms with van der Waals surface area (Å²) < 4.78 is 38.7. The second-order valence-electron chi connectivity index (χ2n) is 4.48. The second-order valence-corrected chi connectivity index (χ2v) is 5.30. The maximum atomic E-state index is 12.7. The van der Waals surface area contributed by atoms with Gasteiger partial charge in [-0.15, -0.1) is 0 Å². The normalized spacial score (nSPS) is 11.6. The Bertz CT molecular complexity index is 863. The van der Waals surface area contributed by atoms with Gasteiger partial charge in [0.1, 0.15) is 11.4 Å². The van der Waals surface area contributed by atoms with Gasteiger partial charge in [-0.05, 0) is 12.1 Å². The highest BCUT2D eigenvalue weighted by molar-refractivity contribution is 6.38. The van der Waals surface area contributed by atoms with E-state index >= 15 is 0 Å². The number of carboxylic acids is 1. The molecule has 122 valence electrons. The number of nitrogens with zero attached hydrogens (tertiary/aromatic N) is 2. The molecule has 0 aliphatic heterocycles. The van der Waals surface area contributed by atoms with Crippen LogP contribution in [-0.2, 0) is 13.2 Å². The van der Waals surface area contributed by atoms with Crippen molar-refractivity contribution in [2.75, 3.05) is 0 Å². The molecule has 0 aliphatic rings. The van der Waals surface area contributed by atoms with Crippen molar-refractivity contribution < 1.29 is 23.1 Å². The van der Waals surface area contributed by atoms with Crippen molar-refractivity contribution in [2.24, 2.45) is 7.05 Å². The SMILES string of the molecule is Cn1nc(-c2cc(C(=O)O)c(Cl)cc2Cl)c(=O)cc1C(F)(F)F. The van der Waals surface area contributed by atoms with Gasteiger partial charge in [-0.2, -0.15) is 18.3 Å². The lowest BCUT2D eigenvalue weighted by molar-refractivity contribution is -0.144. The van der Waals surface area contributed by atoms with Gasteiger partial charge >= 0.3 is 12.1 Å². The van der Waals surface area contributed by atoms with E-state index in [4.69, 9.17) is 28.3 Å². The van der Waals surface area contributed by atoms with Crippen molar-refractivity contribution in [1.82, 2.24) is 9.78 Å². The van der Waals surface area contributed by atoms with E-state index in [1.807, 2.05) is 0 Å². The summed E-state index contributed by atoms with van der Waals surface area (Å²) in [6.07, 6.45) is -4.75. The van der Waals surface area contributed by atoms with Crippen LogP contribution >= 0.6 is 23.2 Å². The minimum absolute atomic E-state index is 0.107. The second kappa shape index (κ2) is 5.86. The summed E-state index contributed by atoms with van der Waals surface area (Å²) in [6, 6.07) is 2.44. The maximum absolute atomic E-state index is 12.7. The smallest absolute Gasteiger partial charge is 0.433 e. The first kappa shape index (κ1) is 17.3. The average molecular weight is 367 g/mol. The van der Waals surface area contributed by atoms with Crippen molar-refractivity contribution >= 4 is 29.2 Å². The lowest BCUT2D eigenvalue weighted by Gasteiger charge is -2.13. The van der Waals surface area contributed by atoms with Crippen molar-refractivity contribution in [3.05, 3.63) is 49.7 Å². The fraction of sp³-hybridized carbons (Fsp3) is 0.154. The van der Waals surface area contributed by atoms with E-state index < -0.39 is 29.0 Å². The molecule has 0 amide bonds. The first-order valence-electron chi connectivity index (χ1n) is 5.90. The molecule has 1 N–H and O–H groups in total. The monoisotopic (exact) mass is 366 g/mol. The largest absolute Gasteiger partial charge is 0.478 e. The van der Waals surface area contributed by atoms with Crippen LogP contribution in [0, 0.1) is 0 Å². The third-order valence-electron chi connectivity index (χ3n) is 2.93. The zero-order valence-corrected chi connectivity index (χ0v) is 12.8. The van der Waals surface area contributed by atoms with Gasteiger partial charge in [0.25, 0.3) is 0 Å². The molecule has 1 aromatic carbocycles. The van der Waals surface area contributed by atoms with Gasteiger partial charge in [0.2, 0.25) is 5.43 Å². The molecule has 0 aliphatic carbocycles. The van der Waals surface area contributed by atoms with Crippen molar-refractivity contribution in [3.8, 4) is 11.3 Å². The standard InChI is InChI=1S/C13H7Cl2F3N2O3/c1-20-10(13(16,17)18)4-9(21)11(19-20)5-2-6(12(22)23)8(15)3-7(5)14/h2-4H,1H3,(H,22,23). The topological polar surface area (TPSA) is 72.2 Å². The molecule has 0 fully saturated rings. The molecule has 2 aromatic rings. The number of aromatic nitrogens is 2. The van der Waals surface area contributed by atoms with Crippen molar-refractivity contribution in [2.45, 2.75) is 6.18 Å². The van der Waals surface area contributed by atoms with E-state index in [-0.39, 0.29) is 21.2 Å². The molecule has 0 radical (unpaired) electrons. The Morgan fingerprint density at radius 3 is 2.35 bits per heavy atom. The summed E-state index contributed by atoms with van der Waals surface area (Å²) in [7, 11) is 1.01. The van der Waals surface area contributed by atoms with Crippen LogP contribution < -0.4 is 5.43 Å². The van der Waals surface area contributed by atoms with Crippen LogP contribution in [-0.4, -0.2) is 20.9 Å². The average Bonchev–Trinajstić information content (AvgIpc) is 2.39. The highest BCUT2D eigenvalue weighted by atomic mass is 35.5. The number of carbonyl (C=O) groups is 1. The molecule has 1 aromatic heterocycles. The molecule has 5 nitrogen and oxygen atoms in total. The number of rotatable bonds is 2. The Morgan fingerprint density at radius 2 is 1.83 bits per heavy atom. The minimum atomic E-state index is -4.75. The third-order valence-corrected chi connectivity index (χ3v) is 3.56. The number of aryl methyl sites for hydroxylation is 1. The number of benzene rings is 1. The van der Waals surface area contributed by atoms with Gasteiger partial charge in [0.15, 0.2) is 0 Å². The predicted molar refractivity (Wildman–Crippen MR) is 76.9 cm³/mol. The summed E-state index contributed by atoms with van der Waals surface area (Å²) in [5, 5.41) is 12.3. The van der Waals surface area contributed by atoms with E-state index in [1.54, 1.807) is 0 Å². The highest BCUT2D eigenvalue weighted by Gasteiger charge is 2.34. The van der Waals surface area contributed by atoms with Crippen LogP contribution in [0.15, 0.2) is 23.0 Å². The highest BCUT2D eigenvalue weighted by Crippen LogP contribution is 2.32. The lowest BCUT2D eigenvalue weighted by Crippen LogP contribution is -2.22. The van der Waals surface area contributed by atoms with Crippen LogP contribution in [0.25, 0.3) is 11.3 Å². The Kier molecular flexibility index (Phi) is 4.41. The Labute approximate surface area is 136 Å². The summed E-state index contributed by atoms with van der Waals surface area (Å²) in [5.41, 5.74) is -3.17. The molecule has 0 saturated heterocycles. The number of hydrogen-bond donors (Lipinski definition) is 1. The molecule has 0 atom stereocenters. The maximum Gasteiger partial charge on any atom is 0.433 e. The van der Waals surface area contributed by atoms with Gasteiger partial charge in [-0.1, -0.05) is 23.2 Å². The number of carboxylic acid groups (broad SMARTS) is 1. The van der Waals surface area contributed by atoms with Crippen LogP contribution in [0.3, 0.4) is 0 Å². The fourth-order valence-electron chi connectivity index (χ4n) is 1.89. The molecule has 0 bridgehead atoms. The van der Waals surface area contributed by atoms with Gasteiger partial charge in [0.05, 0.1) is 15.6 Å². The Morgan fingerprint density at radius 1 is 1.22 bits per heavy atom. The number of aromatic carboxylic acids is 1. The molecular weight excluding hydrogens is 360 g/mol. The fourth-order valence-corrected chi connectivity index (χ4v) is 2.44. The summed E-state index contributed by atoms with van der Waals surface area (Å²) in [6.45, 7) is 0. The molecule has 1 heterocycles. The van der Waals surface area contributed by atoms with Crippen LogP contribution in [0.1, 0.15) is 16.1 Å². The van der Waals surface area contributed by atoms with Crippen molar-refractivity contribution in [3.63, 3.8) is 0 Å². The van der Waals surface area contributed by atoms with E-state index in [0.717, 1.165) is 19.2 Å². The molecule has 0 saturated carbocycles. The predicted octanol–water partition coefficient (Wildman–Crippen LogP) is 3.47. The zero-order chi connectivity index (χ0) is 17.5. The van der Waals surface area contributed by atoms with Crippen molar-refractivity contribution in [1.29, 1.82) is 0 Å². The summed E-state index contributed by atoms with van der Waals surface area (Å²) >= 11 is 11.6. The van der Waals surface area contributed by atoms with E-state index in [2.05, 4.69) is 5.10 Å². The van der Waals surface area contributed by atoms with Crippen LogP contribution in [0.2, 0.25) is 10.0 Å². The summed E-state index contributed by atoms with van der Waals surface area (Å²) in [4.78, 5) is 23.0. The Hall–Kier alpha value is -2.06. The number of hydrogen-bond acceptors (Lipinski definition) is 3. The van der Waals surface area contributed by atoms with Gasteiger partial charge in [-0.25, -0.2) is 4.79 Å². The quantitative estimate of drug-likeness (QED) is 0.883. The molecule has 23 heavy (non-hydrogen) atoms. The first-order chi connectivity index (χ1) is 10.5. The molecule has 2 rings (SSSR count). The van der Waals surface area contributed by atoms with Crippen LogP contribution in [0.4, 0.5) is 13.2 Å². The molecule has 0 unspecified atom stereocenters. The molecular formula is C13H7Cl2F3N2O3. The molecule has 0 spiro atoms. The molecule has 10 heteroatoms. The minimum Gasteiger partial charge on any atom is -0.478 e. The lowest BCUT2D eigenvalue weighted by atomic mass is 10.1. The first-order valence-corrected chi connectivity index (χ1v) is 6.66.